The molecule has 0 radical (unpaired) electrons. The summed E-state index contributed by atoms with van der Waals surface area (Å²) >= 11 is 0. The normalized spacial score (nSPS) is 10.7. The minimum atomic E-state index is 0.690. The maximum Gasteiger partial charge on any atom is 0.187 e. The molecule has 39 heavy (non-hydrogen) atoms. The van der Waals surface area contributed by atoms with Crippen molar-refractivity contribution in [2.45, 2.75) is 71.6 Å². The van der Waals surface area contributed by atoms with Crippen LogP contribution in [0.2, 0.25) is 0 Å². The molecule has 0 spiro atoms. The highest BCUT2D eigenvalue weighted by Gasteiger charge is 2.05. The summed E-state index contributed by atoms with van der Waals surface area (Å²) < 4.78 is 0. The SMILES string of the molecule is [C-]#[N+]c1ccc(-c2ccc(CCCCCCCCCc3ccc(-c4ccc(C#N)cc4)c(C)c3)cc2C)cc1. The van der Waals surface area contributed by atoms with Crippen molar-refractivity contribution < 1.29 is 0 Å². The summed E-state index contributed by atoms with van der Waals surface area (Å²) in [7, 11) is 0. The summed E-state index contributed by atoms with van der Waals surface area (Å²) in [5.74, 6) is 0. The predicted molar refractivity (Wildman–Crippen MR) is 164 cm³/mol. The van der Waals surface area contributed by atoms with E-state index in [-0.39, 0.29) is 0 Å². The molecule has 0 aliphatic carbocycles. The fourth-order valence-corrected chi connectivity index (χ4v) is 5.39. The Kier molecular flexibility index (Phi) is 10.1. The van der Waals surface area contributed by atoms with Gasteiger partial charge in [0.15, 0.2) is 5.69 Å². The first-order valence-corrected chi connectivity index (χ1v) is 14.2. The lowest BCUT2D eigenvalue weighted by molar-refractivity contribution is 0.579. The Labute approximate surface area is 234 Å². The van der Waals surface area contributed by atoms with Crippen molar-refractivity contribution in [3.63, 3.8) is 0 Å². The number of nitrogens with zero attached hydrogens (tertiary/aromatic N) is 2. The first-order valence-electron chi connectivity index (χ1n) is 14.2. The maximum atomic E-state index is 9.01. The number of nitriles is 1. The summed E-state index contributed by atoms with van der Waals surface area (Å²) in [6.45, 7) is 11.5. The lowest BCUT2D eigenvalue weighted by atomic mass is 9.95. The molecule has 0 atom stereocenters. The van der Waals surface area contributed by atoms with E-state index in [4.69, 9.17) is 11.8 Å². The molecule has 0 amide bonds. The van der Waals surface area contributed by atoms with Crippen LogP contribution >= 0.6 is 0 Å². The fraction of sp³-hybridized carbons (Fsp3) is 0.297. The van der Waals surface area contributed by atoms with Crippen molar-refractivity contribution in [2.75, 3.05) is 0 Å². The number of unbranched alkanes of at least 4 members (excludes halogenated alkanes) is 6. The zero-order valence-corrected chi connectivity index (χ0v) is 23.3. The Hall–Kier alpha value is -4.14. The number of hydrogen-bond donors (Lipinski definition) is 0. The number of hydrogen-bond acceptors (Lipinski definition) is 1. The van der Waals surface area contributed by atoms with Crippen LogP contribution in [0.3, 0.4) is 0 Å². The lowest BCUT2D eigenvalue weighted by Crippen LogP contribution is -1.91. The maximum absolute atomic E-state index is 9.01. The van der Waals surface area contributed by atoms with Gasteiger partial charge in [-0.25, -0.2) is 4.85 Å². The highest BCUT2D eigenvalue weighted by Crippen LogP contribution is 2.28. The molecule has 4 aromatic carbocycles. The van der Waals surface area contributed by atoms with Crippen molar-refractivity contribution in [1.82, 2.24) is 0 Å². The Balaban J connectivity index is 1.11. The van der Waals surface area contributed by atoms with Gasteiger partial charge in [-0.05, 0) is 96.2 Å². The van der Waals surface area contributed by atoms with E-state index in [0.717, 1.165) is 12.8 Å². The van der Waals surface area contributed by atoms with Gasteiger partial charge in [-0.2, -0.15) is 5.26 Å². The van der Waals surface area contributed by atoms with Gasteiger partial charge < -0.3 is 0 Å². The molecule has 0 saturated carbocycles. The molecule has 0 aliphatic rings. The van der Waals surface area contributed by atoms with Crippen LogP contribution in [0, 0.1) is 31.8 Å². The van der Waals surface area contributed by atoms with E-state index in [1.165, 1.54) is 89.5 Å². The van der Waals surface area contributed by atoms with Gasteiger partial charge in [0, 0.05) is 0 Å². The average Bonchev–Trinajstić information content (AvgIpc) is 2.96. The molecule has 0 heterocycles. The Morgan fingerprint density at radius 1 is 0.590 bits per heavy atom. The van der Waals surface area contributed by atoms with Crippen molar-refractivity contribution in [3.8, 4) is 28.3 Å². The van der Waals surface area contributed by atoms with Crippen LogP contribution in [-0.4, -0.2) is 0 Å². The molecule has 0 aliphatic heterocycles. The van der Waals surface area contributed by atoms with E-state index in [0.29, 0.717) is 11.3 Å². The molecular weight excluding hydrogens is 472 g/mol. The minimum Gasteiger partial charge on any atom is -0.238 e. The number of rotatable bonds is 12. The van der Waals surface area contributed by atoms with E-state index in [2.05, 4.69) is 61.2 Å². The molecule has 0 unspecified atom stereocenters. The van der Waals surface area contributed by atoms with Gasteiger partial charge in [0.25, 0.3) is 0 Å². The van der Waals surface area contributed by atoms with Gasteiger partial charge in [-0.1, -0.05) is 105 Å². The third-order valence-corrected chi connectivity index (χ3v) is 7.64. The van der Waals surface area contributed by atoms with E-state index >= 15 is 0 Å². The van der Waals surface area contributed by atoms with Crippen LogP contribution in [0.1, 0.15) is 72.8 Å². The third-order valence-electron chi connectivity index (χ3n) is 7.64. The topological polar surface area (TPSA) is 28.1 Å². The van der Waals surface area contributed by atoms with Gasteiger partial charge in [-0.3, -0.25) is 0 Å². The molecule has 0 N–H and O–H groups in total. The standard InChI is InChI=1S/C37H38N2/c1-28-25-30(15-23-36(28)33-17-13-32(27-38)14-18-33)11-9-7-5-4-6-8-10-12-31-16-24-37(29(2)26-31)34-19-21-35(39-3)22-20-34/h13-26H,4-12H2,1-2H3. The molecule has 0 saturated heterocycles. The van der Waals surface area contributed by atoms with Crippen molar-refractivity contribution in [3.05, 3.63) is 124 Å². The summed E-state index contributed by atoms with van der Waals surface area (Å²) in [5, 5.41) is 9.01. The van der Waals surface area contributed by atoms with Gasteiger partial charge in [0.05, 0.1) is 18.2 Å². The van der Waals surface area contributed by atoms with E-state index in [9.17, 15) is 0 Å². The van der Waals surface area contributed by atoms with E-state index in [1.807, 2.05) is 48.5 Å². The molecule has 2 heteroatoms. The monoisotopic (exact) mass is 510 g/mol. The first-order chi connectivity index (χ1) is 19.1. The number of benzene rings is 4. The number of aryl methyl sites for hydroxylation is 4. The highest BCUT2D eigenvalue weighted by atomic mass is 14.6. The van der Waals surface area contributed by atoms with E-state index in [1.54, 1.807) is 0 Å². The van der Waals surface area contributed by atoms with Crippen LogP contribution in [-0.2, 0) is 12.8 Å². The van der Waals surface area contributed by atoms with Crippen LogP contribution in [0.4, 0.5) is 5.69 Å². The second-order valence-electron chi connectivity index (χ2n) is 10.6. The molecule has 0 bridgehead atoms. The molecule has 2 nitrogen and oxygen atoms in total. The van der Waals surface area contributed by atoms with E-state index < -0.39 is 0 Å². The van der Waals surface area contributed by atoms with Crippen molar-refractivity contribution in [2.24, 2.45) is 0 Å². The van der Waals surface area contributed by atoms with Gasteiger partial charge in [-0.15, -0.1) is 0 Å². The minimum absolute atomic E-state index is 0.690. The van der Waals surface area contributed by atoms with Gasteiger partial charge in [0.2, 0.25) is 0 Å². The van der Waals surface area contributed by atoms with Crippen LogP contribution in [0.25, 0.3) is 27.1 Å². The molecule has 4 aromatic rings. The predicted octanol–water partition coefficient (Wildman–Crippen LogP) is 10.6. The second-order valence-corrected chi connectivity index (χ2v) is 10.6. The smallest absolute Gasteiger partial charge is 0.187 e. The summed E-state index contributed by atoms with van der Waals surface area (Å²) in [6.07, 6.45) is 11.4. The third kappa shape index (κ3) is 7.92. The average molecular weight is 511 g/mol. The molecule has 0 aromatic heterocycles. The second kappa shape index (κ2) is 14.1. The van der Waals surface area contributed by atoms with Crippen molar-refractivity contribution >= 4 is 5.69 Å². The Bertz CT molecular complexity index is 1330. The Morgan fingerprint density at radius 3 is 1.44 bits per heavy atom. The Morgan fingerprint density at radius 2 is 1.03 bits per heavy atom. The van der Waals surface area contributed by atoms with Gasteiger partial charge in [0.1, 0.15) is 0 Å². The van der Waals surface area contributed by atoms with Crippen molar-refractivity contribution in [1.29, 1.82) is 5.26 Å². The van der Waals surface area contributed by atoms with Crippen LogP contribution in [0.15, 0.2) is 84.9 Å². The summed E-state index contributed by atoms with van der Waals surface area (Å²) in [6, 6.07) is 31.6. The van der Waals surface area contributed by atoms with Crippen LogP contribution in [0.5, 0.6) is 0 Å². The molecular formula is C37H38N2. The van der Waals surface area contributed by atoms with Crippen LogP contribution < -0.4 is 0 Å². The van der Waals surface area contributed by atoms with Gasteiger partial charge >= 0.3 is 0 Å². The largest absolute Gasteiger partial charge is 0.238 e. The molecule has 0 fully saturated rings. The summed E-state index contributed by atoms with van der Waals surface area (Å²) in [5.41, 5.74) is 11.7. The fourth-order valence-electron chi connectivity index (χ4n) is 5.39. The molecule has 196 valence electrons. The quantitative estimate of drug-likeness (QED) is 0.138. The zero-order chi connectivity index (χ0) is 27.5. The summed E-state index contributed by atoms with van der Waals surface area (Å²) in [4.78, 5) is 3.49. The highest BCUT2D eigenvalue weighted by molar-refractivity contribution is 5.70. The molecule has 4 rings (SSSR count). The first kappa shape index (κ1) is 27.9. The zero-order valence-electron chi connectivity index (χ0n) is 23.3. The lowest BCUT2D eigenvalue weighted by Gasteiger charge is -2.10.